The molecular weight excluding hydrogens is 192 g/mol. The normalized spacial score (nSPS) is 12.8. The van der Waals surface area contributed by atoms with Crippen LogP contribution in [-0.4, -0.2) is 16.3 Å². The van der Waals surface area contributed by atoms with E-state index in [9.17, 15) is 4.79 Å². The Labute approximate surface area is 79.6 Å². The van der Waals surface area contributed by atoms with E-state index < -0.39 is 5.97 Å². The average molecular weight is 202 g/mol. The molecule has 2 nitrogen and oxygen atoms in total. The Kier molecular flexibility index (Phi) is 3.17. The first kappa shape index (κ1) is 9.61. The van der Waals surface area contributed by atoms with E-state index in [0.717, 1.165) is 9.77 Å². The zero-order valence-electron chi connectivity index (χ0n) is 6.90. The smallest absolute Gasteiger partial charge is 0.316 e. The van der Waals surface area contributed by atoms with Crippen LogP contribution < -0.4 is 0 Å². The predicted octanol–water partition coefficient (Wildman–Crippen LogP) is 2.62. The maximum atomic E-state index is 10.5. The van der Waals surface area contributed by atoms with Crippen molar-refractivity contribution in [3.05, 3.63) is 17.0 Å². The minimum atomic E-state index is -0.757. The van der Waals surface area contributed by atoms with E-state index in [0.29, 0.717) is 0 Å². The standard InChI is InChI=1S/C8H10O2S2/c1-5-3-4-11-8(5)12-6(2)7(9)10/h3-4,6H,1-2H3,(H,9,10). The first-order valence-corrected chi connectivity index (χ1v) is 5.30. The van der Waals surface area contributed by atoms with Crippen molar-refractivity contribution in [3.8, 4) is 0 Å². The molecule has 1 unspecified atom stereocenters. The van der Waals surface area contributed by atoms with E-state index >= 15 is 0 Å². The number of thioether (sulfide) groups is 1. The SMILES string of the molecule is Cc1ccsc1SC(C)C(=O)O. The highest BCUT2D eigenvalue weighted by Gasteiger charge is 2.13. The van der Waals surface area contributed by atoms with Gasteiger partial charge in [-0.2, -0.15) is 0 Å². The lowest BCUT2D eigenvalue weighted by molar-refractivity contribution is -0.136. The number of carboxylic acids is 1. The van der Waals surface area contributed by atoms with Gasteiger partial charge in [0.2, 0.25) is 0 Å². The molecule has 1 rings (SSSR count). The monoisotopic (exact) mass is 202 g/mol. The quantitative estimate of drug-likeness (QED) is 0.765. The number of carbonyl (C=O) groups is 1. The summed E-state index contributed by atoms with van der Waals surface area (Å²) in [5.41, 5.74) is 1.16. The van der Waals surface area contributed by atoms with Crippen LogP contribution in [0, 0.1) is 6.92 Å². The Morgan fingerprint density at radius 1 is 1.75 bits per heavy atom. The van der Waals surface area contributed by atoms with Gasteiger partial charge < -0.3 is 5.11 Å². The zero-order valence-corrected chi connectivity index (χ0v) is 8.54. The number of thiophene rings is 1. The Balaban J connectivity index is 2.64. The molecule has 0 aliphatic carbocycles. The summed E-state index contributed by atoms with van der Waals surface area (Å²) in [5.74, 6) is -0.757. The summed E-state index contributed by atoms with van der Waals surface area (Å²) in [5, 5.41) is 10.3. The third-order valence-electron chi connectivity index (χ3n) is 1.45. The Bertz CT molecular complexity index is 280. The summed E-state index contributed by atoms with van der Waals surface area (Å²) in [6.45, 7) is 3.69. The van der Waals surface area contributed by atoms with Crippen LogP contribution in [0.5, 0.6) is 0 Å². The third-order valence-corrected chi connectivity index (χ3v) is 3.92. The molecule has 0 aliphatic rings. The van der Waals surface area contributed by atoms with Crippen LogP contribution in [0.2, 0.25) is 0 Å². The van der Waals surface area contributed by atoms with E-state index in [1.165, 1.54) is 11.8 Å². The van der Waals surface area contributed by atoms with Gasteiger partial charge in [-0.3, -0.25) is 4.79 Å². The minimum absolute atomic E-state index is 0.359. The van der Waals surface area contributed by atoms with Crippen molar-refractivity contribution in [2.24, 2.45) is 0 Å². The second-order valence-electron chi connectivity index (χ2n) is 2.49. The van der Waals surface area contributed by atoms with E-state index in [-0.39, 0.29) is 5.25 Å². The molecule has 0 saturated heterocycles. The van der Waals surface area contributed by atoms with E-state index in [4.69, 9.17) is 5.11 Å². The van der Waals surface area contributed by atoms with Gasteiger partial charge in [-0.15, -0.1) is 23.1 Å². The van der Waals surface area contributed by atoms with Gasteiger partial charge in [0.05, 0.1) is 4.21 Å². The molecule has 1 atom stereocenters. The van der Waals surface area contributed by atoms with E-state index in [1.54, 1.807) is 18.3 Å². The summed E-state index contributed by atoms with van der Waals surface area (Å²) in [6, 6.07) is 2.00. The highest BCUT2D eigenvalue weighted by molar-refractivity contribution is 8.02. The minimum Gasteiger partial charge on any atom is -0.480 e. The van der Waals surface area contributed by atoms with E-state index in [2.05, 4.69) is 0 Å². The third kappa shape index (κ3) is 2.25. The molecule has 1 heterocycles. The second kappa shape index (κ2) is 3.96. The largest absolute Gasteiger partial charge is 0.480 e. The van der Waals surface area contributed by atoms with Gasteiger partial charge in [0, 0.05) is 0 Å². The molecule has 0 saturated carbocycles. The molecule has 66 valence electrons. The van der Waals surface area contributed by atoms with Crippen molar-refractivity contribution in [3.63, 3.8) is 0 Å². The van der Waals surface area contributed by atoms with Crippen molar-refractivity contribution in [2.75, 3.05) is 0 Å². The van der Waals surface area contributed by atoms with Gasteiger partial charge in [0.25, 0.3) is 0 Å². The molecule has 12 heavy (non-hydrogen) atoms. The van der Waals surface area contributed by atoms with Crippen molar-refractivity contribution < 1.29 is 9.90 Å². The lowest BCUT2D eigenvalue weighted by Crippen LogP contribution is -2.10. The Morgan fingerprint density at radius 2 is 2.42 bits per heavy atom. The molecule has 0 bridgehead atoms. The first-order chi connectivity index (χ1) is 5.61. The number of aliphatic carboxylic acids is 1. The highest BCUT2D eigenvalue weighted by Crippen LogP contribution is 2.31. The topological polar surface area (TPSA) is 37.3 Å². The number of carboxylic acid groups (broad SMARTS) is 1. The van der Waals surface area contributed by atoms with Gasteiger partial charge in [-0.05, 0) is 30.9 Å². The van der Waals surface area contributed by atoms with Crippen molar-refractivity contribution >= 4 is 29.1 Å². The first-order valence-electron chi connectivity index (χ1n) is 3.55. The number of hydrogen-bond acceptors (Lipinski definition) is 3. The molecule has 0 aromatic carbocycles. The van der Waals surface area contributed by atoms with Crippen molar-refractivity contribution in [2.45, 2.75) is 23.3 Å². The summed E-state index contributed by atoms with van der Waals surface area (Å²) < 4.78 is 1.10. The summed E-state index contributed by atoms with van der Waals surface area (Å²) in [6.07, 6.45) is 0. The van der Waals surface area contributed by atoms with Crippen LogP contribution in [0.25, 0.3) is 0 Å². The highest BCUT2D eigenvalue weighted by atomic mass is 32.2. The van der Waals surface area contributed by atoms with Gasteiger partial charge in [0.15, 0.2) is 0 Å². The van der Waals surface area contributed by atoms with Crippen LogP contribution in [0.15, 0.2) is 15.7 Å². The van der Waals surface area contributed by atoms with Crippen LogP contribution in [0.3, 0.4) is 0 Å². The van der Waals surface area contributed by atoms with E-state index in [1.807, 2.05) is 18.4 Å². The second-order valence-corrected chi connectivity index (χ2v) is 5.01. The lowest BCUT2D eigenvalue weighted by atomic mass is 10.4. The zero-order chi connectivity index (χ0) is 9.14. The van der Waals surface area contributed by atoms with Gasteiger partial charge in [0.1, 0.15) is 5.25 Å². The number of hydrogen-bond donors (Lipinski definition) is 1. The van der Waals surface area contributed by atoms with Gasteiger partial charge >= 0.3 is 5.97 Å². The van der Waals surface area contributed by atoms with Crippen molar-refractivity contribution in [1.29, 1.82) is 0 Å². The fraction of sp³-hybridized carbons (Fsp3) is 0.375. The molecule has 0 spiro atoms. The maximum absolute atomic E-state index is 10.5. The molecule has 0 fully saturated rings. The molecule has 1 N–H and O–H groups in total. The molecule has 4 heteroatoms. The molecule has 0 aliphatic heterocycles. The van der Waals surface area contributed by atoms with Crippen LogP contribution in [0.1, 0.15) is 12.5 Å². The molecule has 1 aromatic rings. The van der Waals surface area contributed by atoms with Crippen LogP contribution >= 0.6 is 23.1 Å². The molecular formula is C8H10O2S2. The van der Waals surface area contributed by atoms with Gasteiger partial charge in [-0.25, -0.2) is 0 Å². The van der Waals surface area contributed by atoms with Crippen molar-refractivity contribution in [1.82, 2.24) is 0 Å². The Hall–Kier alpha value is -0.480. The molecule has 1 aromatic heterocycles. The Morgan fingerprint density at radius 3 is 2.83 bits per heavy atom. The maximum Gasteiger partial charge on any atom is 0.316 e. The number of rotatable bonds is 3. The molecule has 0 amide bonds. The summed E-state index contributed by atoms with van der Waals surface area (Å²) >= 11 is 3.00. The fourth-order valence-corrected chi connectivity index (χ4v) is 2.84. The van der Waals surface area contributed by atoms with Crippen LogP contribution in [-0.2, 0) is 4.79 Å². The number of aryl methyl sites for hydroxylation is 1. The lowest BCUT2D eigenvalue weighted by Gasteiger charge is -2.03. The predicted molar refractivity (Wildman–Crippen MR) is 52.0 cm³/mol. The summed E-state index contributed by atoms with van der Waals surface area (Å²) in [4.78, 5) is 10.5. The fourth-order valence-electron chi connectivity index (χ4n) is 0.691. The van der Waals surface area contributed by atoms with Crippen LogP contribution in [0.4, 0.5) is 0 Å². The average Bonchev–Trinajstić information content (AvgIpc) is 2.36. The molecule has 0 radical (unpaired) electrons. The van der Waals surface area contributed by atoms with Gasteiger partial charge in [-0.1, -0.05) is 0 Å². The summed E-state index contributed by atoms with van der Waals surface area (Å²) in [7, 11) is 0.